The summed E-state index contributed by atoms with van der Waals surface area (Å²) in [6, 6.07) is 10.6. The zero-order chi connectivity index (χ0) is 19.7. The first-order valence-corrected chi connectivity index (χ1v) is 10.1. The van der Waals surface area contributed by atoms with E-state index in [4.69, 9.17) is 17.3 Å². The molecule has 0 atom stereocenters. The fourth-order valence-corrected chi connectivity index (χ4v) is 4.43. The number of nitrogen functional groups attached to an aromatic ring is 1. The Kier molecular flexibility index (Phi) is 5.42. The molecule has 2 aliphatic rings. The molecule has 2 aromatic carbocycles. The van der Waals surface area contributed by atoms with Crippen LogP contribution in [0.25, 0.3) is 5.57 Å². The second-order valence-electron chi connectivity index (χ2n) is 7.55. The molecule has 0 radical (unpaired) electrons. The van der Waals surface area contributed by atoms with Crippen LogP contribution in [0, 0.1) is 5.82 Å². The predicted molar refractivity (Wildman–Crippen MR) is 116 cm³/mol. The van der Waals surface area contributed by atoms with Crippen molar-refractivity contribution >= 4 is 28.5 Å². The van der Waals surface area contributed by atoms with Crippen LogP contribution in [-0.2, 0) is 6.42 Å². The highest BCUT2D eigenvalue weighted by Gasteiger charge is 2.24. The van der Waals surface area contributed by atoms with Gasteiger partial charge in [0.25, 0.3) is 0 Å². The molecule has 0 spiro atoms. The maximum atomic E-state index is 13.1. The Bertz CT molecular complexity index is 920. The van der Waals surface area contributed by atoms with E-state index in [0.29, 0.717) is 5.02 Å². The summed E-state index contributed by atoms with van der Waals surface area (Å²) in [5, 5.41) is 0.693. The van der Waals surface area contributed by atoms with Crippen LogP contribution in [0.4, 0.5) is 15.8 Å². The van der Waals surface area contributed by atoms with E-state index >= 15 is 0 Å². The van der Waals surface area contributed by atoms with E-state index in [-0.39, 0.29) is 5.82 Å². The number of nitrogens with two attached hydrogens (primary N) is 1. The molecule has 0 amide bonds. The number of halogens is 2. The maximum absolute atomic E-state index is 13.1. The number of nitrogens with zero attached hydrogens (tertiary/aromatic N) is 2. The quantitative estimate of drug-likeness (QED) is 0.727. The van der Waals surface area contributed by atoms with Crippen LogP contribution in [0.15, 0.2) is 54.8 Å². The minimum atomic E-state index is -0.194. The van der Waals surface area contributed by atoms with Gasteiger partial charge in [-0.1, -0.05) is 36.4 Å². The summed E-state index contributed by atoms with van der Waals surface area (Å²) in [5.41, 5.74) is 12.7. The first-order chi connectivity index (χ1) is 13.5. The maximum Gasteiger partial charge on any atom is 0.123 e. The fraction of sp³-hybridized carbons (Fsp3) is 0.304. The summed E-state index contributed by atoms with van der Waals surface area (Å²) < 4.78 is 13.1. The number of hydrogen-bond donors (Lipinski definition) is 1. The van der Waals surface area contributed by atoms with Crippen molar-refractivity contribution in [2.45, 2.75) is 19.3 Å². The minimum Gasteiger partial charge on any atom is -0.397 e. The van der Waals surface area contributed by atoms with Crippen LogP contribution < -0.4 is 10.6 Å². The summed E-state index contributed by atoms with van der Waals surface area (Å²) in [7, 11) is 0. The molecule has 0 aliphatic carbocycles. The Balaban J connectivity index is 1.44. The third-order valence-electron chi connectivity index (χ3n) is 5.58. The molecule has 2 heterocycles. The van der Waals surface area contributed by atoms with Gasteiger partial charge in [-0.25, -0.2) is 4.39 Å². The van der Waals surface area contributed by atoms with Gasteiger partial charge in [0.15, 0.2) is 0 Å². The largest absolute Gasteiger partial charge is 0.397 e. The van der Waals surface area contributed by atoms with Crippen molar-refractivity contribution in [1.82, 2.24) is 4.90 Å². The van der Waals surface area contributed by atoms with Crippen LogP contribution in [0.1, 0.15) is 24.0 Å². The molecule has 146 valence electrons. The number of anilines is 2. The van der Waals surface area contributed by atoms with Crippen LogP contribution >= 0.6 is 11.6 Å². The number of fused-ring (bicyclic) bond motifs is 1. The average molecular weight is 398 g/mol. The second kappa shape index (κ2) is 7.98. The smallest absolute Gasteiger partial charge is 0.123 e. The zero-order valence-corrected chi connectivity index (χ0v) is 16.7. The molecule has 28 heavy (non-hydrogen) atoms. The monoisotopic (exact) mass is 397 g/mol. The average Bonchev–Trinajstić information content (AvgIpc) is 2.68. The van der Waals surface area contributed by atoms with Crippen molar-refractivity contribution in [3.05, 3.63) is 76.7 Å². The Morgan fingerprint density at radius 3 is 2.64 bits per heavy atom. The first kappa shape index (κ1) is 19.0. The van der Waals surface area contributed by atoms with Crippen molar-refractivity contribution in [1.29, 1.82) is 0 Å². The second-order valence-corrected chi connectivity index (χ2v) is 7.98. The van der Waals surface area contributed by atoms with Crippen LogP contribution in [0.2, 0.25) is 5.02 Å². The van der Waals surface area contributed by atoms with Crippen LogP contribution in [0.3, 0.4) is 0 Å². The van der Waals surface area contributed by atoms with Crippen molar-refractivity contribution < 1.29 is 4.39 Å². The fourth-order valence-electron chi connectivity index (χ4n) is 4.18. The van der Waals surface area contributed by atoms with E-state index in [1.54, 1.807) is 0 Å². The van der Waals surface area contributed by atoms with Crippen LogP contribution in [-0.4, -0.2) is 31.1 Å². The summed E-state index contributed by atoms with van der Waals surface area (Å²) in [6.07, 6.45) is 5.26. The van der Waals surface area contributed by atoms with Crippen molar-refractivity contribution in [3.63, 3.8) is 0 Å². The molecule has 5 heteroatoms. The molecule has 2 aromatic rings. The Hall–Kier alpha value is -2.30. The molecule has 2 aliphatic heterocycles. The van der Waals surface area contributed by atoms with Crippen molar-refractivity contribution in [3.8, 4) is 0 Å². The van der Waals surface area contributed by atoms with Gasteiger partial charge in [-0.05, 0) is 60.2 Å². The highest BCUT2D eigenvalue weighted by Crippen LogP contribution is 2.37. The van der Waals surface area contributed by atoms with Crippen molar-refractivity contribution in [2.75, 3.05) is 36.8 Å². The van der Waals surface area contributed by atoms with E-state index in [1.807, 2.05) is 24.3 Å². The third-order valence-corrected chi connectivity index (χ3v) is 5.80. The minimum absolute atomic E-state index is 0.194. The molecular formula is C23H25ClFN3. The van der Waals surface area contributed by atoms with Gasteiger partial charge in [-0.2, -0.15) is 0 Å². The van der Waals surface area contributed by atoms with E-state index in [1.165, 1.54) is 23.3 Å². The number of rotatable bonds is 4. The predicted octanol–water partition coefficient (Wildman–Crippen LogP) is 5.12. The molecule has 3 nitrogen and oxygen atoms in total. The molecule has 4 rings (SSSR count). The summed E-state index contributed by atoms with van der Waals surface area (Å²) >= 11 is 6.18. The normalized spacial score (nSPS) is 17.2. The highest BCUT2D eigenvalue weighted by atomic mass is 35.5. The SMILES string of the molecule is C=C(CN1CC=C(c2ccc(F)cc2)CC1)N1CCCc2cc(Cl)cc(N)c21. The first-order valence-electron chi connectivity index (χ1n) is 9.72. The van der Waals surface area contributed by atoms with Crippen LogP contribution in [0.5, 0.6) is 0 Å². The number of benzene rings is 2. The Morgan fingerprint density at radius 1 is 1.14 bits per heavy atom. The molecule has 2 N–H and O–H groups in total. The van der Waals surface area contributed by atoms with Gasteiger partial charge in [0.1, 0.15) is 5.82 Å². The lowest BCUT2D eigenvalue weighted by molar-refractivity contribution is 0.324. The number of aryl methyl sites for hydroxylation is 1. The van der Waals surface area contributed by atoms with Gasteiger partial charge in [-0.15, -0.1) is 0 Å². The number of hydrogen-bond acceptors (Lipinski definition) is 3. The molecule has 0 saturated heterocycles. The van der Waals surface area contributed by atoms with Gasteiger partial charge >= 0.3 is 0 Å². The Labute approximate surface area is 170 Å². The summed E-state index contributed by atoms with van der Waals surface area (Å²) in [4.78, 5) is 4.64. The lowest BCUT2D eigenvalue weighted by Gasteiger charge is -2.36. The molecule has 0 saturated carbocycles. The summed E-state index contributed by atoms with van der Waals surface area (Å²) in [5.74, 6) is -0.194. The van der Waals surface area contributed by atoms with E-state index in [9.17, 15) is 4.39 Å². The third kappa shape index (κ3) is 3.94. The topological polar surface area (TPSA) is 32.5 Å². The van der Waals surface area contributed by atoms with Gasteiger partial charge < -0.3 is 10.6 Å². The molecular weight excluding hydrogens is 373 g/mol. The molecule has 0 bridgehead atoms. The molecule has 0 aromatic heterocycles. The van der Waals surface area contributed by atoms with Crippen molar-refractivity contribution in [2.24, 2.45) is 0 Å². The standard InChI is InChI=1S/C23H25ClFN3/c1-16(28-10-2-3-19-13-20(24)14-22(26)23(19)28)15-27-11-8-18(9-12-27)17-4-6-21(25)7-5-17/h4-8,13-14H,1-3,9-12,15,26H2. The lowest BCUT2D eigenvalue weighted by atomic mass is 9.98. The van der Waals surface area contributed by atoms with Gasteiger partial charge in [0, 0.05) is 36.9 Å². The molecule has 0 unspecified atom stereocenters. The van der Waals surface area contributed by atoms with Gasteiger partial charge in [0.05, 0.1) is 11.4 Å². The molecule has 0 fully saturated rings. The van der Waals surface area contributed by atoms with E-state index < -0.39 is 0 Å². The Morgan fingerprint density at radius 2 is 1.93 bits per heavy atom. The lowest BCUT2D eigenvalue weighted by Crippen LogP contribution is -2.37. The van der Waals surface area contributed by atoms with E-state index in [0.717, 1.165) is 68.1 Å². The van der Waals surface area contributed by atoms with Gasteiger partial charge in [-0.3, -0.25) is 4.90 Å². The van der Waals surface area contributed by atoms with E-state index in [2.05, 4.69) is 22.5 Å². The zero-order valence-electron chi connectivity index (χ0n) is 15.9. The highest BCUT2D eigenvalue weighted by molar-refractivity contribution is 6.31. The van der Waals surface area contributed by atoms with Gasteiger partial charge in [0.2, 0.25) is 0 Å². The summed E-state index contributed by atoms with van der Waals surface area (Å²) in [6.45, 7) is 7.91.